The van der Waals surface area contributed by atoms with E-state index >= 15 is 0 Å². The predicted octanol–water partition coefficient (Wildman–Crippen LogP) is 2.14. The Hall–Kier alpha value is -2.38. The lowest BCUT2D eigenvalue weighted by molar-refractivity contribution is -0.129. The van der Waals surface area contributed by atoms with Crippen LogP contribution in [0.5, 0.6) is 0 Å². The van der Waals surface area contributed by atoms with Crippen molar-refractivity contribution in [3.05, 3.63) is 59.7 Å². The van der Waals surface area contributed by atoms with Crippen LogP contribution in [0, 0.1) is 6.92 Å². The van der Waals surface area contributed by atoms with Gasteiger partial charge in [0.2, 0.25) is 5.91 Å². The number of fused-ring (bicyclic) bond motifs is 1. The first-order valence-electron chi connectivity index (χ1n) is 7.08. The monoisotopic (exact) mass is 332 g/mol. The average molecular weight is 332 g/mol. The van der Waals surface area contributed by atoms with Crippen LogP contribution in [0.1, 0.15) is 23.6 Å². The molecule has 23 heavy (non-hydrogen) atoms. The fourth-order valence-corrected chi connectivity index (χ4v) is 4.70. The maximum absolute atomic E-state index is 12.9. The standard InChI is InChI=1S/C16H16N2O4S/c1-11-6-8-12(9-7-11)18-14(10-16(19)17-20)13-4-2-3-5-15(13)23(18,21)22/h2-9,14,20H,10H2,1H3,(H,17,19). The second-order valence-corrected chi connectivity index (χ2v) is 7.21. The van der Waals surface area contributed by atoms with Gasteiger partial charge in [0, 0.05) is 0 Å². The van der Waals surface area contributed by atoms with Gasteiger partial charge in [-0.25, -0.2) is 13.9 Å². The van der Waals surface area contributed by atoms with Gasteiger partial charge in [0.1, 0.15) is 0 Å². The van der Waals surface area contributed by atoms with E-state index in [-0.39, 0.29) is 11.3 Å². The molecule has 120 valence electrons. The van der Waals surface area contributed by atoms with Crippen LogP contribution >= 0.6 is 0 Å². The molecule has 1 aliphatic rings. The lowest BCUT2D eigenvalue weighted by Crippen LogP contribution is -2.32. The number of carbonyl (C=O) groups excluding carboxylic acids is 1. The van der Waals surface area contributed by atoms with Gasteiger partial charge in [-0.2, -0.15) is 0 Å². The molecule has 0 fully saturated rings. The molecule has 2 N–H and O–H groups in total. The van der Waals surface area contributed by atoms with Crippen LogP contribution in [0.15, 0.2) is 53.4 Å². The Labute approximate surface area is 134 Å². The third-order valence-electron chi connectivity index (χ3n) is 3.89. The quantitative estimate of drug-likeness (QED) is 0.666. The van der Waals surface area contributed by atoms with E-state index in [2.05, 4.69) is 0 Å². The lowest BCUT2D eigenvalue weighted by Gasteiger charge is -2.25. The number of hydroxylamine groups is 1. The molecule has 0 saturated carbocycles. The van der Waals surface area contributed by atoms with Crippen LogP contribution in [-0.2, 0) is 14.8 Å². The Morgan fingerprint density at radius 1 is 1.17 bits per heavy atom. The van der Waals surface area contributed by atoms with Crippen molar-refractivity contribution in [2.75, 3.05) is 4.31 Å². The van der Waals surface area contributed by atoms with Crippen LogP contribution in [-0.4, -0.2) is 19.5 Å². The van der Waals surface area contributed by atoms with Gasteiger partial charge in [0.05, 0.1) is 23.0 Å². The van der Waals surface area contributed by atoms with Gasteiger partial charge in [0.15, 0.2) is 0 Å². The molecule has 0 radical (unpaired) electrons. The summed E-state index contributed by atoms with van der Waals surface area (Å²) in [5, 5.41) is 8.80. The summed E-state index contributed by atoms with van der Waals surface area (Å²) < 4.78 is 27.0. The Balaban J connectivity index is 2.15. The molecule has 0 bridgehead atoms. The van der Waals surface area contributed by atoms with E-state index in [9.17, 15) is 13.2 Å². The summed E-state index contributed by atoms with van der Waals surface area (Å²) >= 11 is 0. The van der Waals surface area contributed by atoms with E-state index in [0.717, 1.165) is 5.56 Å². The van der Waals surface area contributed by atoms with Gasteiger partial charge < -0.3 is 0 Å². The van der Waals surface area contributed by atoms with Gasteiger partial charge in [0.25, 0.3) is 10.0 Å². The van der Waals surface area contributed by atoms with Crippen LogP contribution in [0.25, 0.3) is 0 Å². The van der Waals surface area contributed by atoms with Crippen LogP contribution < -0.4 is 9.79 Å². The minimum Gasteiger partial charge on any atom is -0.289 e. The molecule has 0 aliphatic carbocycles. The number of benzene rings is 2. The Bertz CT molecular complexity index is 847. The SMILES string of the molecule is Cc1ccc(N2C(CC(=O)NO)c3ccccc3S2(=O)=O)cc1. The molecule has 3 rings (SSSR count). The zero-order valence-electron chi connectivity index (χ0n) is 12.4. The highest BCUT2D eigenvalue weighted by Gasteiger charge is 2.43. The third kappa shape index (κ3) is 2.58. The van der Waals surface area contributed by atoms with E-state index in [1.165, 1.54) is 10.4 Å². The van der Waals surface area contributed by atoms with Gasteiger partial charge in [-0.05, 0) is 30.7 Å². The van der Waals surface area contributed by atoms with E-state index in [4.69, 9.17) is 5.21 Å². The van der Waals surface area contributed by atoms with E-state index in [1.807, 2.05) is 19.1 Å². The van der Waals surface area contributed by atoms with Gasteiger partial charge >= 0.3 is 0 Å². The first-order valence-corrected chi connectivity index (χ1v) is 8.52. The van der Waals surface area contributed by atoms with Crippen molar-refractivity contribution in [1.29, 1.82) is 0 Å². The maximum Gasteiger partial charge on any atom is 0.265 e. The number of carbonyl (C=O) groups is 1. The molecule has 1 atom stereocenters. The predicted molar refractivity (Wildman–Crippen MR) is 84.6 cm³/mol. The van der Waals surface area contributed by atoms with Crippen molar-refractivity contribution < 1.29 is 18.4 Å². The fourth-order valence-electron chi connectivity index (χ4n) is 2.82. The normalized spacial score (nSPS) is 18.5. The fraction of sp³-hybridized carbons (Fsp3) is 0.188. The first-order chi connectivity index (χ1) is 10.9. The molecule has 7 heteroatoms. The highest BCUT2D eigenvalue weighted by Crippen LogP contribution is 2.44. The van der Waals surface area contributed by atoms with E-state index in [1.54, 1.807) is 35.8 Å². The third-order valence-corrected chi connectivity index (χ3v) is 5.80. The largest absolute Gasteiger partial charge is 0.289 e. The second kappa shape index (κ2) is 5.68. The molecular formula is C16H16N2O4S. The van der Waals surface area contributed by atoms with Crippen molar-refractivity contribution in [2.45, 2.75) is 24.3 Å². The molecule has 1 heterocycles. The summed E-state index contributed by atoms with van der Waals surface area (Å²) in [5.41, 5.74) is 3.62. The maximum atomic E-state index is 12.9. The van der Waals surface area contributed by atoms with Crippen molar-refractivity contribution in [3.63, 3.8) is 0 Å². The Kier molecular flexibility index (Phi) is 3.83. The summed E-state index contributed by atoms with van der Waals surface area (Å²) in [7, 11) is -3.74. The zero-order valence-corrected chi connectivity index (χ0v) is 13.2. The van der Waals surface area contributed by atoms with E-state index < -0.39 is 22.0 Å². The number of aryl methyl sites for hydroxylation is 1. The Morgan fingerprint density at radius 3 is 2.48 bits per heavy atom. The van der Waals surface area contributed by atoms with Crippen molar-refractivity contribution in [1.82, 2.24) is 5.48 Å². The van der Waals surface area contributed by atoms with Crippen molar-refractivity contribution in [3.8, 4) is 0 Å². The van der Waals surface area contributed by atoms with Gasteiger partial charge in [-0.1, -0.05) is 35.9 Å². The summed E-state index contributed by atoms with van der Waals surface area (Å²) in [5.74, 6) is -0.640. The van der Waals surface area contributed by atoms with Crippen LogP contribution in [0.4, 0.5) is 5.69 Å². The molecule has 2 aromatic carbocycles. The molecule has 1 unspecified atom stereocenters. The summed E-state index contributed by atoms with van der Waals surface area (Å²) in [4.78, 5) is 11.8. The molecular weight excluding hydrogens is 316 g/mol. The summed E-state index contributed by atoms with van der Waals surface area (Å²) in [6.07, 6.45) is -0.166. The Morgan fingerprint density at radius 2 is 1.83 bits per heavy atom. The molecule has 0 spiro atoms. The number of amides is 1. The number of nitrogens with one attached hydrogen (secondary N) is 1. The molecule has 0 saturated heterocycles. The topological polar surface area (TPSA) is 86.7 Å². The molecule has 2 aromatic rings. The number of sulfonamides is 1. The summed E-state index contributed by atoms with van der Waals surface area (Å²) in [6.45, 7) is 1.91. The summed E-state index contributed by atoms with van der Waals surface area (Å²) in [6, 6.07) is 13.0. The minimum atomic E-state index is -3.74. The lowest BCUT2D eigenvalue weighted by atomic mass is 10.0. The highest BCUT2D eigenvalue weighted by molar-refractivity contribution is 7.93. The molecule has 6 nitrogen and oxygen atoms in total. The molecule has 0 aromatic heterocycles. The molecule has 1 amide bonds. The van der Waals surface area contributed by atoms with Gasteiger partial charge in [-0.3, -0.25) is 14.3 Å². The van der Waals surface area contributed by atoms with Gasteiger partial charge in [-0.15, -0.1) is 0 Å². The smallest absolute Gasteiger partial charge is 0.265 e. The number of nitrogens with zero attached hydrogens (tertiary/aromatic N) is 1. The van der Waals surface area contributed by atoms with E-state index in [0.29, 0.717) is 11.3 Å². The number of hydrogen-bond acceptors (Lipinski definition) is 4. The van der Waals surface area contributed by atoms with Crippen molar-refractivity contribution >= 4 is 21.6 Å². The number of hydrogen-bond donors (Lipinski definition) is 2. The molecule has 1 aliphatic heterocycles. The minimum absolute atomic E-state index is 0.166. The second-order valence-electron chi connectivity index (χ2n) is 5.43. The average Bonchev–Trinajstić information content (AvgIpc) is 2.76. The van der Waals surface area contributed by atoms with Crippen molar-refractivity contribution in [2.24, 2.45) is 0 Å². The number of rotatable bonds is 3. The zero-order chi connectivity index (χ0) is 16.6. The number of anilines is 1. The highest BCUT2D eigenvalue weighted by atomic mass is 32.2. The first kappa shape index (κ1) is 15.5. The van der Waals surface area contributed by atoms with Crippen LogP contribution in [0.2, 0.25) is 0 Å². The van der Waals surface area contributed by atoms with Crippen LogP contribution in [0.3, 0.4) is 0 Å².